The lowest BCUT2D eigenvalue weighted by Gasteiger charge is -2.38. The van der Waals surface area contributed by atoms with E-state index in [4.69, 9.17) is 4.74 Å². The Labute approximate surface area is 169 Å². The van der Waals surface area contributed by atoms with Gasteiger partial charge in [-0.25, -0.2) is 0 Å². The Kier molecular flexibility index (Phi) is 8.93. The molecule has 1 N–H and O–H groups in total. The molecule has 3 atom stereocenters. The van der Waals surface area contributed by atoms with E-state index in [0.717, 1.165) is 18.6 Å². The molecule has 0 radical (unpaired) electrons. The zero-order chi connectivity index (χ0) is 19.0. The lowest BCUT2D eigenvalue weighted by Crippen LogP contribution is -2.48. The molecule has 0 aromatic rings. The maximum Gasteiger partial charge on any atom is 0.108 e. The first-order valence-corrected chi connectivity index (χ1v) is 12.4. The van der Waals surface area contributed by atoms with Crippen molar-refractivity contribution in [1.82, 2.24) is 10.2 Å². The lowest BCUT2D eigenvalue weighted by molar-refractivity contribution is 0.0300. The molecule has 3 aliphatic rings. The minimum Gasteiger partial charge on any atom is -0.363 e. The third kappa shape index (κ3) is 5.93. The molecule has 1 heterocycles. The highest BCUT2D eigenvalue weighted by Crippen LogP contribution is 2.43. The SMILES string of the molecule is CCCN(CCCCCOC1CC2CCCCC2(CC)N1)C1CCCCC1. The summed E-state index contributed by atoms with van der Waals surface area (Å²) in [5.74, 6) is 0.861. The normalized spacial score (nSPS) is 32.1. The van der Waals surface area contributed by atoms with Gasteiger partial charge in [0.05, 0.1) is 0 Å². The van der Waals surface area contributed by atoms with E-state index in [1.807, 2.05) is 0 Å². The van der Waals surface area contributed by atoms with Gasteiger partial charge in [0.25, 0.3) is 0 Å². The summed E-state index contributed by atoms with van der Waals surface area (Å²) >= 11 is 0. The fourth-order valence-electron chi connectivity index (χ4n) is 6.19. The van der Waals surface area contributed by atoms with Gasteiger partial charge in [0.15, 0.2) is 0 Å². The highest BCUT2D eigenvalue weighted by molar-refractivity contribution is 5.02. The number of unbranched alkanes of at least 4 members (excludes halogenated alkanes) is 2. The molecule has 1 saturated heterocycles. The number of nitrogens with zero attached hydrogens (tertiary/aromatic N) is 1. The summed E-state index contributed by atoms with van der Waals surface area (Å²) in [5.41, 5.74) is 0.406. The van der Waals surface area contributed by atoms with E-state index < -0.39 is 0 Å². The third-order valence-corrected chi connectivity index (χ3v) is 7.80. The quantitative estimate of drug-likeness (QED) is 0.455. The number of hydrogen-bond donors (Lipinski definition) is 1. The average Bonchev–Trinajstić information content (AvgIpc) is 3.09. The van der Waals surface area contributed by atoms with Crippen LogP contribution in [0.4, 0.5) is 0 Å². The number of hydrogen-bond acceptors (Lipinski definition) is 3. The van der Waals surface area contributed by atoms with Gasteiger partial charge in [0.2, 0.25) is 0 Å². The fourth-order valence-corrected chi connectivity index (χ4v) is 6.19. The van der Waals surface area contributed by atoms with E-state index in [-0.39, 0.29) is 0 Å². The van der Waals surface area contributed by atoms with E-state index in [0.29, 0.717) is 11.8 Å². The summed E-state index contributed by atoms with van der Waals surface area (Å²) in [6.45, 7) is 8.25. The van der Waals surface area contributed by atoms with Crippen LogP contribution in [0.1, 0.15) is 110 Å². The van der Waals surface area contributed by atoms with Gasteiger partial charge in [-0.15, -0.1) is 0 Å². The van der Waals surface area contributed by atoms with Crippen molar-refractivity contribution in [1.29, 1.82) is 0 Å². The molecule has 3 unspecified atom stereocenters. The van der Waals surface area contributed by atoms with Crippen molar-refractivity contribution in [2.75, 3.05) is 19.7 Å². The second-order valence-electron chi connectivity index (χ2n) is 9.58. The van der Waals surface area contributed by atoms with Crippen LogP contribution in [-0.4, -0.2) is 42.4 Å². The van der Waals surface area contributed by atoms with E-state index in [1.54, 1.807) is 0 Å². The number of nitrogens with one attached hydrogen (secondary N) is 1. The monoisotopic (exact) mass is 378 g/mol. The van der Waals surface area contributed by atoms with Crippen molar-refractivity contribution in [2.45, 2.75) is 128 Å². The van der Waals surface area contributed by atoms with E-state index in [9.17, 15) is 0 Å². The van der Waals surface area contributed by atoms with Gasteiger partial charge in [-0.1, -0.05) is 46.0 Å². The summed E-state index contributed by atoms with van der Waals surface area (Å²) in [6, 6.07) is 0.881. The van der Waals surface area contributed by atoms with Crippen molar-refractivity contribution in [3.8, 4) is 0 Å². The molecule has 0 aromatic heterocycles. The minimum absolute atomic E-state index is 0.326. The summed E-state index contributed by atoms with van der Waals surface area (Å²) in [5, 5.41) is 3.89. The molecule has 3 heteroatoms. The van der Waals surface area contributed by atoms with Crippen molar-refractivity contribution in [3.05, 3.63) is 0 Å². The first-order chi connectivity index (χ1) is 13.3. The Morgan fingerprint density at radius 1 is 0.926 bits per heavy atom. The topological polar surface area (TPSA) is 24.5 Å². The van der Waals surface area contributed by atoms with Gasteiger partial charge in [0.1, 0.15) is 6.23 Å². The average molecular weight is 379 g/mol. The molecule has 1 aliphatic heterocycles. The van der Waals surface area contributed by atoms with Crippen LogP contribution < -0.4 is 5.32 Å². The summed E-state index contributed by atoms with van der Waals surface area (Å²) < 4.78 is 6.27. The van der Waals surface area contributed by atoms with Crippen molar-refractivity contribution in [2.24, 2.45) is 5.92 Å². The minimum atomic E-state index is 0.326. The molecule has 3 nitrogen and oxygen atoms in total. The van der Waals surface area contributed by atoms with Crippen LogP contribution in [0.5, 0.6) is 0 Å². The fraction of sp³-hybridized carbons (Fsp3) is 1.00. The predicted molar refractivity (Wildman–Crippen MR) is 115 cm³/mol. The molecule has 2 aliphatic carbocycles. The second-order valence-corrected chi connectivity index (χ2v) is 9.58. The zero-order valence-electron chi connectivity index (χ0n) is 18.3. The van der Waals surface area contributed by atoms with Crippen LogP contribution >= 0.6 is 0 Å². The van der Waals surface area contributed by atoms with Crippen molar-refractivity contribution >= 4 is 0 Å². The third-order valence-electron chi connectivity index (χ3n) is 7.80. The second kappa shape index (κ2) is 11.2. The summed E-state index contributed by atoms with van der Waals surface area (Å²) in [4.78, 5) is 2.80. The molecular formula is C24H46N2O. The van der Waals surface area contributed by atoms with Crippen LogP contribution in [0.2, 0.25) is 0 Å². The molecular weight excluding hydrogens is 332 g/mol. The van der Waals surface area contributed by atoms with Gasteiger partial charge in [0, 0.05) is 18.2 Å². The number of rotatable bonds is 11. The molecule has 2 saturated carbocycles. The van der Waals surface area contributed by atoms with E-state index in [1.165, 1.54) is 109 Å². The maximum atomic E-state index is 6.27. The smallest absolute Gasteiger partial charge is 0.108 e. The Morgan fingerprint density at radius 2 is 1.74 bits per heavy atom. The molecule has 0 amide bonds. The first-order valence-electron chi connectivity index (χ1n) is 12.4. The molecule has 0 spiro atoms. The van der Waals surface area contributed by atoms with Crippen LogP contribution in [0.15, 0.2) is 0 Å². The zero-order valence-corrected chi connectivity index (χ0v) is 18.3. The van der Waals surface area contributed by atoms with Crippen LogP contribution in [-0.2, 0) is 4.74 Å². The summed E-state index contributed by atoms with van der Waals surface area (Å²) in [7, 11) is 0. The molecule has 3 rings (SSSR count). The van der Waals surface area contributed by atoms with Crippen LogP contribution in [0.3, 0.4) is 0 Å². The van der Waals surface area contributed by atoms with E-state index >= 15 is 0 Å². The Morgan fingerprint density at radius 3 is 2.48 bits per heavy atom. The van der Waals surface area contributed by atoms with Crippen LogP contribution in [0.25, 0.3) is 0 Å². The Bertz CT molecular complexity index is 409. The van der Waals surface area contributed by atoms with Gasteiger partial charge in [-0.3, -0.25) is 5.32 Å². The highest BCUT2D eigenvalue weighted by Gasteiger charge is 2.46. The predicted octanol–water partition coefficient (Wildman–Crippen LogP) is 5.88. The molecule has 0 bridgehead atoms. The van der Waals surface area contributed by atoms with Crippen molar-refractivity contribution < 1.29 is 4.74 Å². The Balaban J connectivity index is 1.29. The molecule has 27 heavy (non-hydrogen) atoms. The van der Waals surface area contributed by atoms with E-state index in [2.05, 4.69) is 24.1 Å². The number of fused-ring (bicyclic) bond motifs is 1. The van der Waals surface area contributed by atoms with Crippen LogP contribution in [0, 0.1) is 5.92 Å². The highest BCUT2D eigenvalue weighted by atomic mass is 16.5. The lowest BCUT2D eigenvalue weighted by atomic mass is 9.72. The molecule has 3 fully saturated rings. The van der Waals surface area contributed by atoms with Crippen molar-refractivity contribution in [3.63, 3.8) is 0 Å². The standard InChI is InChI=1S/C24H46N2O/c1-3-17-26(22-14-7-5-8-15-22)18-11-6-12-19-27-23-20-21-13-9-10-16-24(21,4-2)25-23/h21-23,25H,3-20H2,1-2H3. The Hall–Kier alpha value is -0.120. The van der Waals surface area contributed by atoms with Gasteiger partial charge >= 0.3 is 0 Å². The number of ether oxygens (including phenoxy) is 1. The first kappa shape index (κ1) is 21.6. The van der Waals surface area contributed by atoms with Gasteiger partial charge in [-0.05, 0) is 83.2 Å². The maximum absolute atomic E-state index is 6.27. The summed E-state index contributed by atoms with van der Waals surface area (Å²) in [6.07, 6.45) is 20.9. The molecule has 158 valence electrons. The van der Waals surface area contributed by atoms with Gasteiger partial charge < -0.3 is 9.64 Å². The largest absolute Gasteiger partial charge is 0.363 e. The van der Waals surface area contributed by atoms with Gasteiger partial charge in [-0.2, -0.15) is 0 Å². The molecule has 0 aromatic carbocycles.